The molecule has 2 aromatic rings. The van der Waals surface area contributed by atoms with Crippen LogP contribution in [0, 0.1) is 0 Å². The first-order chi connectivity index (χ1) is 8.59. The number of aliphatic hydroxyl groups is 1. The third-order valence-electron chi connectivity index (χ3n) is 3.55. The number of methoxy groups -OCH3 is 1. The van der Waals surface area contributed by atoms with Crippen molar-refractivity contribution in [2.24, 2.45) is 0 Å². The second-order valence-corrected chi connectivity index (χ2v) is 5.97. The fourth-order valence-electron chi connectivity index (χ4n) is 2.30. The molecule has 0 bridgehead atoms. The Labute approximate surface area is 115 Å². The van der Waals surface area contributed by atoms with Crippen LogP contribution >= 0.6 is 15.9 Å². The van der Waals surface area contributed by atoms with Crippen molar-refractivity contribution in [1.82, 2.24) is 0 Å². The number of benzene rings is 2. The van der Waals surface area contributed by atoms with Crippen LogP contribution in [0.25, 0.3) is 10.8 Å². The summed E-state index contributed by atoms with van der Waals surface area (Å²) >= 11 is 3.49. The lowest BCUT2D eigenvalue weighted by atomic mass is 10.0. The van der Waals surface area contributed by atoms with Gasteiger partial charge < -0.3 is 9.84 Å². The zero-order chi connectivity index (χ0) is 12.8. The highest BCUT2D eigenvalue weighted by Crippen LogP contribution is 2.41. The van der Waals surface area contributed by atoms with E-state index in [2.05, 4.69) is 34.1 Å². The van der Waals surface area contributed by atoms with Crippen molar-refractivity contribution in [1.29, 1.82) is 0 Å². The topological polar surface area (TPSA) is 29.5 Å². The molecular formula is C15H15BrO2. The van der Waals surface area contributed by atoms with E-state index < -0.39 is 5.60 Å². The molecule has 1 aliphatic carbocycles. The lowest BCUT2D eigenvalue weighted by molar-refractivity contribution is 0.150. The van der Waals surface area contributed by atoms with E-state index in [-0.39, 0.29) is 0 Å². The van der Waals surface area contributed by atoms with Gasteiger partial charge in [-0.2, -0.15) is 0 Å². The van der Waals surface area contributed by atoms with Gasteiger partial charge in [0.15, 0.2) is 0 Å². The van der Waals surface area contributed by atoms with Crippen LogP contribution in [-0.4, -0.2) is 17.8 Å². The van der Waals surface area contributed by atoms with Gasteiger partial charge in [0.2, 0.25) is 0 Å². The molecule has 0 unspecified atom stereocenters. The maximum Gasteiger partial charge on any atom is 0.122 e. The smallest absolute Gasteiger partial charge is 0.122 e. The van der Waals surface area contributed by atoms with E-state index in [9.17, 15) is 5.11 Å². The van der Waals surface area contributed by atoms with Gasteiger partial charge in [-0.15, -0.1) is 0 Å². The van der Waals surface area contributed by atoms with Crippen molar-refractivity contribution in [3.05, 3.63) is 40.4 Å². The lowest BCUT2D eigenvalue weighted by Gasteiger charge is -2.13. The predicted octanol–water partition coefficient (Wildman–Crippen LogP) is 3.68. The molecule has 94 valence electrons. The summed E-state index contributed by atoms with van der Waals surface area (Å²) in [7, 11) is 1.68. The van der Waals surface area contributed by atoms with E-state index >= 15 is 0 Å². The predicted molar refractivity (Wildman–Crippen MR) is 76.1 cm³/mol. The van der Waals surface area contributed by atoms with Crippen LogP contribution in [0.3, 0.4) is 0 Å². The van der Waals surface area contributed by atoms with Gasteiger partial charge in [0.1, 0.15) is 5.75 Å². The summed E-state index contributed by atoms with van der Waals surface area (Å²) < 4.78 is 6.50. The van der Waals surface area contributed by atoms with Gasteiger partial charge in [0, 0.05) is 10.9 Å². The van der Waals surface area contributed by atoms with E-state index in [1.54, 1.807) is 7.11 Å². The molecule has 0 heterocycles. The van der Waals surface area contributed by atoms with Crippen molar-refractivity contribution in [2.45, 2.75) is 24.9 Å². The number of hydrogen-bond acceptors (Lipinski definition) is 2. The average molecular weight is 307 g/mol. The molecule has 0 radical (unpaired) electrons. The summed E-state index contributed by atoms with van der Waals surface area (Å²) in [4.78, 5) is 0. The summed E-state index contributed by atoms with van der Waals surface area (Å²) in [5.41, 5.74) is 0.593. The second kappa shape index (κ2) is 4.25. The highest BCUT2D eigenvalue weighted by atomic mass is 79.9. The van der Waals surface area contributed by atoms with E-state index in [0.717, 1.165) is 34.0 Å². The van der Waals surface area contributed by atoms with Crippen LogP contribution in [0.5, 0.6) is 5.75 Å². The summed E-state index contributed by atoms with van der Waals surface area (Å²) in [6.07, 6.45) is 2.47. The average Bonchev–Trinajstić information content (AvgIpc) is 3.06. The van der Waals surface area contributed by atoms with Crippen LogP contribution in [0.2, 0.25) is 0 Å². The third-order valence-corrected chi connectivity index (χ3v) is 4.04. The molecule has 2 aromatic carbocycles. The van der Waals surface area contributed by atoms with E-state index in [0.29, 0.717) is 6.42 Å². The maximum absolute atomic E-state index is 10.1. The van der Waals surface area contributed by atoms with Gasteiger partial charge in [0.05, 0.1) is 12.7 Å². The molecule has 3 heteroatoms. The van der Waals surface area contributed by atoms with Crippen molar-refractivity contribution >= 4 is 26.7 Å². The van der Waals surface area contributed by atoms with Crippen LogP contribution < -0.4 is 4.74 Å². The van der Waals surface area contributed by atoms with E-state index in [4.69, 9.17) is 4.74 Å². The Hall–Kier alpha value is -1.06. The highest BCUT2D eigenvalue weighted by Gasteiger charge is 2.40. The van der Waals surface area contributed by atoms with Crippen molar-refractivity contribution in [2.75, 3.05) is 7.11 Å². The summed E-state index contributed by atoms with van der Waals surface area (Å²) in [6.45, 7) is 0. The molecule has 1 aliphatic rings. The van der Waals surface area contributed by atoms with Crippen LogP contribution in [0.4, 0.5) is 0 Å². The van der Waals surface area contributed by atoms with Gasteiger partial charge in [-0.05, 0) is 53.4 Å². The number of fused-ring (bicyclic) bond motifs is 1. The molecule has 0 spiro atoms. The van der Waals surface area contributed by atoms with Gasteiger partial charge in [-0.3, -0.25) is 0 Å². The largest absolute Gasteiger partial charge is 0.496 e. The van der Waals surface area contributed by atoms with Crippen LogP contribution in [0.1, 0.15) is 18.4 Å². The first-order valence-corrected chi connectivity index (χ1v) is 6.87. The minimum atomic E-state index is -0.493. The number of rotatable bonds is 3. The SMILES string of the molecule is COc1cc2ccc(Br)cc2cc1CC1(O)CC1. The molecule has 0 aliphatic heterocycles. The van der Waals surface area contributed by atoms with Gasteiger partial charge in [0.25, 0.3) is 0 Å². The fourth-order valence-corrected chi connectivity index (χ4v) is 2.68. The molecule has 0 aromatic heterocycles. The van der Waals surface area contributed by atoms with Gasteiger partial charge >= 0.3 is 0 Å². The quantitative estimate of drug-likeness (QED) is 0.937. The molecule has 0 amide bonds. The second-order valence-electron chi connectivity index (χ2n) is 5.06. The Morgan fingerprint density at radius 2 is 2.00 bits per heavy atom. The van der Waals surface area contributed by atoms with Gasteiger partial charge in [-0.1, -0.05) is 22.0 Å². The van der Waals surface area contributed by atoms with Crippen molar-refractivity contribution in [3.63, 3.8) is 0 Å². The number of halogens is 1. The van der Waals surface area contributed by atoms with Gasteiger partial charge in [-0.25, -0.2) is 0 Å². The minimum absolute atomic E-state index is 0.493. The first-order valence-electron chi connectivity index (χ1n) is 6.08. The summed E-state index contributed by atoms with van der Waals surface area (Å²) in [5, 5.41) is 12.4. The summed E-state index contributed by atoms with van der Waals surface area (Å²) in [6, 6.07) is 10.3. The van der Waals surface area contributed by atoms with E-state index in [1.165, 1.54) is 5.39 Å². The Morgan fingerprint density at radius 1 is 1.22 bits per heavy atom. The van der Waals surface area contributed by atoms with Crippen molar-refractivity contribution < 1.29 is 9.84 Å². The molecule has 18 heavy (non-hydrogen) atoms. The Morgan fingerprint density at radius 3 is 2.67 bits per heavy atom. The Kier molecular flexibility index (Phi) is 2.83. The Balaban J connectivity index is 2.10. The molecule has 1 saturated carbocycles. The maximum atomic E-state index is 10.1. The van der Waals surface area contributed by atoms with Crippen molar-refractivity contribution in [3.8, 4) is 5.75 Å². The zero-order valence-electron chi connectivity index (χ0n) is 10.2. The zero-order valence-corrected chi connectivity index (χ0v) is 11.8. The number of hydrogen-bond donors (Lipinski definition) is 1. The highest BCUT2D eigenvalue weighted by molar-refractivity contribution is 9.10. The lowest BCUT2D eigenvalue weighted by Crippen LogP contribution is -2.11. The first kappa shape index (κ1) is 12.0. The normalized spacial score (nSPS) is 16.8. The van der Waals surface area contributed by atoms with Crippen LogP contribution in [0.15, 0.2) is 34.8 Å². The fraction of sp³-hybridized carbons (Fsp3) is 0.333. The number of ether oxygens (including phenoxy) is 1. The van der Waals surface area contributed by atoms with E-state index in [1.807, 2.05) is 12.1 Å². The minimum Gasteiger partial charge on any atom is -0.496 e. The Bertz CT molecular complexity index is 603. The third kappa shape index (κ3) is 2.25. The monoisotopic (exact) mass is 306 g/mol. The molecule has 3 rings (SSSR count). The molecule has 1 N–H and O–H groups in total. The van der Waals surface area contributed by atoms with Crippen LogP contribution in [-0.2, 0) is 6.42 Å². The molecule has 0 saturated heterocycles. The molecule has 0 atom stereocenters. The molecule has 1 fully saturated rings. The summed E-state index contributed by atoms with van der Waals surface area (Å²) in [5.74, 6) is 0.866. The molecular weight excluding hydrogens is 292 g/mol. The molecule has 2 nitrogen and oxygen atoms in total. The standard InChI is InChI=1S/C15H15BrO2/c1-18-14-8-10-2-3-13(16)7-11(10)6-12(14)9-15(17)4-5-15/h2-3,6-8,17H,4-5,9H2,1H3.